The van der Waals surface area contributed by atoms with Gasteiger partial charge in [-0.05, 0) is 62.2 Å². The molecule has 0 saturated carbocycles. The number of carbonyl (C=O) groups is 2. The number of nitrogens with one attached hydrogen (secondary N) is 2. The van der Waals surface area contributed by atoms with E-state index in [1.54, 1.807) is 43.6 Å². The molecule has 0 fully saturated rings. The number of aryl methyl sites for hydroxylation is 2. The van der Waals surface area contributed by atoms with E-state index in [-0.39, 0.29) is 17.4 Å². The second-order valence-corrected chi connectivity index (χ2v) is 9.66. The maximum Gasteiger partial charge on any atom is 0.257 e. The van der Waals surface area contributed by atoms with Crippen molar-refractivity contribution < 1.29 is 14.3 Å². The molecule has 38 heavy (non-hydrogen) atoms. The van der Waals surface area contributed by atoms with Crippen LogP contribution in [0.5, 0.6) is 5.75 Å². The molecule has 198 valence electrons. The van der Waals surface area contributed by atoms with Gasteiger partial charge in [-0.2, -0.15) is 0 Å². The van der Waals surface area contributed by atoms with Gasteiger partial charge < -0.3 is 15.4 Å². The van der Waals surface area contributed by atoms with Crippen LogP contribution in [-0.4, -0.2) is 65.6 Å². The highest BCUT2D eigenvalue weighted by Crippen LogP contribution is 2.30. The highest BCUT2D eigenvalue weighted by Gasteiger charge is 2.25. The standard InChI is InChI=1S/C28H31ClN6O3/c1-17-6-5-9-32-26(17)34-28(37)21-13-22(27(36)30-4)24(12-18(21)2)38-25(23-8-7-20(29)14-33-23)16-35-11-10-31-19(3)15-35/h5-9,12-14,25H,10-11,15-16H2,1-4H3,(H,30,36)(H,32,34,37). The molecule has 10 heteroatoms. The molecular weight excluding hydrogens is 504 g/mol. The molecule has 1 unspecified atom stereocenters. The van der Waals surface area contributed by atoms with E-state index < -0.39 is 6.10 Å². The van der Waals surface area contributed by atoms with Crippen molar-refractivity contribution in [1.82, 2.24) is 20.2 Å². The monoisotopic (exact) mass is 534 g/mol. The third kappa shape index (κ3) is 6.54. The summed E-state index contributed by atoms with van der Waals surface area (Å²) in [5.74, 6) is 0.0939. The van der Waals surface area contributed by atoms with Gasteiger partial charge in [-0.15, -0.1) is 0 Å². The van der Waals surface area contributed by atoms with E-state index in [0.717, 1.165) is 30.9 Å². The van der Waals surface area contributed by atoms with Crippen LogP contribution < -0.4 is 15.4 Å². The van der Waals surface area contributed by atoms with Crippen molar-refractivity contribution in [3.63, 3.8) is 0 Å². The number of carbonyl (C=O) groups excluding carboxylic acids is 2. The normalized spacial score (nSPS) is 14.4. The maximum atomic E-state index is 13.2. The smallest absolute Gasteiger partial charge is 0.257 e. The summed E-state index contributed by atoms with van der Waals surface area (Å²) in [5.41, 5.74) is 3.83. The van der Waals surface area contributed by atoms with E-state index in [1.165, 1.54) is 7.05 Å². The Morgan fingerprint density at radius 2 is 1.89 bits per heavy atom. The highest BCUT2D eigenvalue weighted by molar-refractivity contribution is 6.30. The summed E-state index contributed by atoms with van der Waals surface area (Å²) < 4.78 is 6.49. The summed E-state index contributed by atoms with van der Waals surface area (Å²) in [6, 6.07) is 10.5. The molecule has 0 saturated heterocycles. The largest absolute Gasteiger partial charge is 0.482 e. The number of aromatic nitrogens is 2. The average Bonchev–Trinajstić information content (AvgIpc) is 2.89. The van der Waals surface area contributed by atoms with E-state index in [9.17, 15) is 9.59 Å². The van der Waals surface area contributed by atoms with Gasteiger partial charge in [0.25, 0.3) is 11.8 Å². The Balaban J connectivity index is 1.67. The van der Waals surface area contributed by atoms with Crippen molar-refractivity contribution in [2.75, 3.05) is 38.5 Å². The molecule has 0 aliphatic carbocycles. The molecule has 0 spiro atoms. The van der Waals surface area contributed by atoms with Gasteiger partial charge in [0.05, 0.1) is 22.8 Å². The van der Waals surface area contributed by atoms with Crippen LogP contribution in [0.25, 0.3) is 0 Å². The van der Waals surface area contributed by atoms with Crippen molar-refractivity contribution in [3.8, 4) is 5.75 Å². The molecule has 3 aromatic rings. The van der Waals surface area contributed by atoms with Gasteiger partial charge >= 0.3 is 0 Å². The molecule has 1 aliphatic heterocycles. The lowest BCUT2D eigenvalue weighted by Crippen LogP contribution is -2.39. The Kier molecular flexibility index (Phi) is 8.70. The van der Waals surface area contributed by atoms with Crippen LogP contribution >= 0.6 is 11.6 Å². The Labute approximate surface area is 227 Å². The maximum absolute atomic E-state index is 13.2. The Hall–Kier alpha value is -3.82. The van der Waals surface area contributed by atoms with Gasteiger partial charge in [0, 0.05) is 50.4 Å². The van der Waals surface area contributed by atoms with Gasteiger partial charge in [0.2, 0.25) is 0 Å². The van der Waals surface area contributed by atoms with Crippen LogP contribution in [0.3, 0.4) is 0 Å². The first-order chi connectivity index (χ1) is 18.2. The summed E-state index contributed by atoms with van der Waals surface area (Å²) in [6.07, 6.45) is 2.70. The molecule has 1 aromatic carbocycles. The molecule has 2 N–H and O–H groups in total. The van der Waals surface area contributed by atoms with Crippen LogP contribution in [0.1, 0.15) is 50.6 Å². The van der Waals surface area contributed by atoms with E-state index in [1.807, 2.05) is 26.0 Å². The molecular formula is C28H31ClN6O3. The number of benzene rings is 1. The Morgan fingerprint density at radius 3 is 2.58 bits per heavy atom. The quantitative estimate of drug-likeness (QED) is 0.447. The first-order valence-corrected chi connectivity index (χ1v) is 12.7. The van der Waals surface area contributed by atoms with Crippen LogP contribution in [0.2, 0.25) is 5.02 Å². The van der Waals surface area contributed by atoms with Crippen molar-refractivity contribution >= 4 is 34.9 Å². The minimum atomic E-state index is -0.489. The number of anilines is 1. The predicted molar refractivity (Wildman–Crippen MR) is 149 cm³/mol. The molecule has 0 bridgehead atoms. The zero-order valence-electron chi connectivity index (χ0n) is 21.9. The Bertz CT molecular complexity index is 1360. The number of hydrogen-bond acceptors (Lipinski definition) is 7. The van der Waals surface area contributed by atoms with Gasteiger partial charge in [-0.3, -0.25) is 24.5 Å². The summed E-state index contributed by atoms with van der Waals surface area (Å²) >= 11 is 6.08. The topological polar surface area (TPSA) is 109 Å². The number of halogens is 1. The van der Waals surface area contributed by atoms with Crippen molar-refractivity contribution in [2.45, 2.75) is 26.9 Å². The van der Waals surface area contributed by atoms with Crippen LogP contribution in [-0.2, 0) is 0 Å². The second-order valence-electron chi connectivity index (χ2n) is 9.23. The molecule has 0 radical (unpaired) electrons. The van der Waals surface area contributed by atoms with Crippen molar-refractivity contribution in [3.05, 3.63) is 81.8 Å². The van der Waals surface area contributed by atoms with Crippen LogP contribution in [0, 0.1) is 13.8 Å². The van der Waals surface area contributed by atoms with E-state index in [0.29, 0.717) is 40.0 Å². The number of ether oxygens (including phenoxy) is 1. The lowest BCUT2D eigenvalue weighted by Gasteiger charge is -2.30. The third-order valence-electron chi connectivity index (χ3n) is 6.31. The number of pyridine rings is 2. The van der Waals surface area contributed by atoms with E-state index in [2.05, 4.69) is 30.5 Å². The van der Waals surface area contributed by atoms with Crippen LogP contribution in [0.15, 0.2) is 53.8 Å². The van der Waals surface area contributed by atoms with Crippen LogP contribution in [0.4, 0.5) is 5.82 Å². The average molecular weight is 535 g/mol. The van der Waals surface area contributed by atoms with Gasteiger partial charge in [-0.25, -0.2) is 4.98 Å². The van der Waals surface area contributed by atoms with E-state index >= 15 is 0 Å². The van der Waals surface area contributed by atoms with Crippen molar-refractivity contribution in [2.24, 2.45) is 4.99 Å². The first-order valence-electron chi connectivity index (χ1n) is 12.3. The Morgan fingerprint density at radius 1 is 1.08 bits per heavy atom. The second kappa shape index (κ2) is 12.1. The van der Waals surface area contributed by atoms with Gasteiger partial charge in [0.1, 0.15) is 11.6 Å². The zero-order chi connectivity index (χ0) is 27.2. The number of hydrogen-bond donors (Lipinski definition) is 2. The summed E-state index contributed by atoms with van der Waals surface area (Å²) in [4.78, 5) is 41.6. The SMILES string of the molecule is CNC(=O)c1cc(C(=O)Nc2ncccc2C)c(C)cc1OC(CN1CCN=C(C)C1)c1ccc(Cl)cn1. The fourth-order valence-corrected chi connectivity index (χ4v) is 4.39. The molecule has 2 amide bonds. The zero-order valence-corrected chi connectivity index (χ0v) is 22.7. The fourth-order valence-electron chi connectivity index (χ4n) is 4.27. The summed E-state index contributed by atoms with van der Waals surface area (Å²) in [5, 5.41) is 6.01. The van der Waals surface area contributed by atoms with Crippen molar-refractivity contribution in [1.29, 1.82) is 0 Å². The number of aliphatic imine (C=N–C) groups is 1. The number of amides is 2. The molecule has 1 atom stereocenters. The highest BCUT2D eigenvalue weighted by atomic mass is 35.5. The lowest BCUT2D eigenvalue weighted by molar-refractivity contribution is 0.0948. The molecule has 9 nitrogen and oxygen atoms in total. The number of nitrogens with zero attached hydrogens (tertiary/aromatic N) is 4. The predicted octanol–water partition coefficient (Wildman–Crippen LogP) is 4.26. The molecule has 4 rings (SSSR count). The first kappa shape index (κ1) is 27.2. The van der Waals surface area contributed by atoms with E-state index in [4.69, 9.17) is 16.3 Å². The minimum Gasteiger partial charge on any atom is -0.482 e. The molecule has 2 aromatic heterocycles. The molecule has 1 aliphatic rings. The lowest BCUT2D eigenvalue weighted by atomic mass is 10.0. The molecule has 3 heterocycles. The number of rotatable bonds is 8. The van der Waals surface area contributed by atoms with Gasteiger partial charge in [-0.1, -0.05) is 17.7 Å². The summed E-state index contributed by atoms with van der Waals surface area (Å²) in [6.45, 7) is 8.44. The summed E-state index contributed by atoms with van der Waals surface area (Å²) in [7, 11) is 1.54. The van der Waals surface area contributed by atoms with Gasteiger partial charge in [0.15, 0.2) is 6.10 Å². The third-order valence-corrected chi connectivity index (χ3v) is 6.53. The fraction of sp³-hybridized carbons (Fsp3) is 0.321. The minimum absolute atomic E-state index is 0.247.